The van der Waals surface area contributed by atoms with Gasteiger partial charge in [-0.1, -0.05) is 18.2 Å². The Kier molecular flexibility index (Phi) is 7.11. The van der Waals surface area contributed by atoms with Gasteiger partial charge in [-0.2, -0.15) is 0 Å². The van der Waals surface area contributed by atoms with Crippen LogP contribution < -0.4 is 15.5 Å². The van der Waals surface area contributed by atoms with Gasteiger partial charge in [0.15, 0.2) is 0 Å². The number of anilines is 2. The zero-order valence-corrected chi connectivity index (χ0v) is 17.3. The SMILES string of the molecule is CN(C)c1ccc(CCCNC(=O)Nc2cccc(C(=O)N3CCCC3)c2)cc1. The molecule has 6 nitrogen and oxygen atoms in total. The first-order chi connectivity index (χ1) is 14.0. The van der Waals surface area contributed by atoms with Crippen LogP contribution in [0.2, 0.25) is 0 Å². The summed E-state index contributed by atoms with van der Waals surface area (Å²) in [4.78, 5) is 28.6. The predicted octanol–water partition coefficient (Wildman–Crippen LogP) is 3.74. The molecule has 2 aromatic rings. The molecule has 0 radical (unpaired) electrons. The molecular formula is C23H30N4O2. The van der Waals surface area contributed by atoms with Gasteiger partial charge in [0.05, 0.1) is 0 Å². The van der Waals surface area contributed by atoms with Crippen molar-refractivity contribution >= 4 is 23.3 Å². The van der Waals surface area contributed by atoms with Crippen molar-refractivity contribution in [1.29, 1.82) is 0 Å². The number of aryl methyl sites for hydroxylation is 1. The molecule has 0 unspecified atom stereocenters. The molecule has 0 saturated carbocycles. The number of urea groups is 1. The Balaban J connectivity index is 1.42. The van der Waals surface area contributed by atoms with Gasteiger partial charge in [-0.25, -0.2) is 4.79 Å². The van der Waals surface area contributed by atoms with E-state index >= 15 is 0 Å². The predicted molar refractivity (Wildman–Crippen MR) is 118 cm³/mol. The Hall–Kier alpha value is -3.02. The maximum Gasteiger partial charge on any atom is 0.319 e. The molecule has 0 aromatic heterocycles. The molecule has 1 fully saturated rings. The van der Waals surface area contributed by atoms with Crippen molar-refractivity contribution in [2.45, 2.75) is 25.7 Å². The lowest BCUT2D eigenvalue weighted by molar-refractivity contribution is 0.0793. The average molecular weight is 395 g/mol. The molecule has 3 rings (SSSR count). The van der Waals surface area contributed by atoms with Crippen molar-refractivity contribution in [1.82, 2.24) is 10.2 Å². The van der Waals surface area contributed by atoms with E-state index < -0.39 is 0 Å². The fourth-order valence-corrected chi connectivity index (χ4v) is 3.46. The molecule has 2 N–H and O–H groups in total. The third-order valence-corrected chi connectivity index (χ3v) is 5.14. The van der Waals surface area contributed by atoms with Crippen molar-refractivity contribution in [2.24, 2.45) is 0 Å². The fraction of sp³-hybridized carbons (Fsp3) is 0.391. The molecule has 0 aliphatic carbocycles. The lowest BCUT2D eigenvalue weighted by Crippen LogP contribution is -2.30. The molecule has 1 aliphatic rings. The quantitative estimate of drug-likeness (QED) is 0.703. The maximum absolute atomic E-state index is 12.5. The first-order valence-electron chi connectivity index (χ1n) is 10.2. The molecule has 3 amide bonds. The van der Waals surface area contributed by atoms with Crippen LogP contribution in [0.5, 0.6) is 0 Å². The number of hydrogen-bond acceptors (Lipinski definition) is 3. The highest BCUT2D eigenvalue weighted by Gasteiger charge is 2.19. The zero-order chi connectivity index (χ0) is 20.6. The molecule has 1 aliphatic heterocycles. The Bertz CT molecular complexity index is 827. The van der Waals surface area contributed by atoms with Crippen LogP contribution in [0.1, 0.15) is 35.2 Å². The summed E-state index contributed by atoms with van der Waals surface area (Å²) in [7, 11) is 4.05. The number of carbonyl (C=O) groups is 2. The van der Waals surface area contributed by atoms with Crippen LogP contribution in [-0.2, 0) is 6.42 Å². The van der Waals surface area contributed by atoms with E-state index in [-0.39, 0.29) is 11.9 Å². The maximum atomic E-state index is 12.5. The van der Waals surface area contributed by atoms with E-state index in [0.717, 1.165) is 38.8 Å². The van der Waals surface area contributed by atoms with E-state index in [1.165, 1.54) is 11.3 Å². The number of nitrogens with zero attached hydrogens (tertiary/aromatic N) is 2. The van der Waals surface area contributed by atoms with Crippen molar-refractivity contribution in [3.8, 4) is 0 Å². The van der Waals surface area contributed by atoms with Crippen LogP contribution >= 0.6 is 0 Å². The van der Waals surface area contributed by atoms with E-state index in [1.54, 1.807) is 24.3 Å². The van der Waals surface area contributed by atoms with Crippen molar-refractivity contribution in [3.05, 3.63) is 59.7 Å². The minimum Gasteiger partial charge on any atom is -0.378 e. The third-order valence-electron chi connectivity index (χ3n) is 5.14. The minimum atomic E-state index is -0.251. The summed E-state index contributed by atoms with van der Waals surface area (Å²) in [6, 6.07) is 15.3. The molecule has 154 valence electrons. The van der Waals surface area contributed by atoms with Crippen LogP contribution in [0.25, 0.3) is 0 Å². The monoisotopic (exact) mass is 394 g/mol. The number of amides is 3. The summed E-state index contributed by atoms with van der Waals surface area (Å²) in [5.41, 5.74) is 3.68. The van der Waals surface area contributed by atoms with Crippen LogP contribution in [0, 0.1) is 0 Å². The highest BCUT2D eigenvalue weighted by atomic mass is 16.2. The summed E-state index contributed by atoms with van der Waals surface area (Å²) in [6.07, 6.45) is 3.90. The molecule has 6 heteroatoms. The number of benzene rings is 2. The second-order valence-corrected chi connectivity index (χ2v) is 7.63. The summed E-state index contributed by atoms with van der Waals surface area (Å²) >= 11 is 0. The van der Waals surface area contributed by atoms with Crippen LogP contribution in [0.3, 0.4) is 0 Å². The number of carbonyl (C=O) groups excluding carboxylic acids is 2. The van der Waals surface area contributed by atoms with E-state index in [9.17, 15) is 9.59 Å². The first-order valence-corrected chi connectivity index (χ1v) is 10.2. The Morgan fingerprint density at radius 1 is 1.03 bits per heavy atom. The van der Waals surface area contributed by atoms with Gasteiger partial charge in [-0.05, 0) is 61.6 Å². The molecule has 29 heavy (non-hydrogen) atoms. The lowest BCUT2D eigenvalue weighted by atomic mass is 10.1. The van der Waals surface area contributed by atoms with Gasteiger partial charge in [-0.3, -0.25) is 4.79 Å². The van der Waals surface area contributed by atoms with Gasteiger partial charge in [0.2, 0.25) is 0 Å². The van der Waals surface area contributed by atoms with E-state index in [2.05, 4.69) is 39.8 Å². The summed E-state index contributed by atoms with van der Waals surface area (Å²) in [6.45, 7) is 2.22. The second-order valence-electron chi connectivity index (χ2n) is 7.63. The van der Waals surface area contributed by atoms with Crippen molar-refractivity contribution < 1.29 is 9.59 Å². The molecule has 1 saturated heterocycles. The van der Waals surface area contributed by atoms with Crippen molar-refractivity contribution in [3.63, 3.8) is 0 Å². The fourth-order valence-electron chi connectivity index (χ4n) is 3.46. The van der Waals surface area contributed by atoms with E-state index in [1.807, 2.05) is 19.0 Å². The highest BCUT2D eigenvalue weighted by Crippen LogP contribution is 2.16. The average Bonchev–Trinajstić information content (AvgIpc) is 3.26. The van der Waals surface area contributed by atoms with Gasteiger partial charge in [-0.15, -0.1) is 0 Å². The topological polar surface area (TPSA) is 64.7 Å². The Morgan fingerprint density at radius 3 is 2.45 bits per heavy atom. The standard InChI is InChI=1S/C23H30N4O2/c1-26(2)21-12-10-18(11-13-21)7-6-14-24-23(29)25-20-9-5-8-19(17-20)22(28)27-15-3-4-16-27/h5,8-13,17H,3-4,6-7,14-16H2,1-2H3,(H2,24,25,29). The van der Waals surface area contributed by atoms with Crippen LogP contribution in [-0.4, -0.2) is 50.6 Å². The number of likely N-dealkylation sites (tertiary alicyclic amines) is 1. The third kappa shape index (κ3) is 5.98. The molecule has 0 atom stereocenters. The van der Waals surface area contributed by atoms with Gasteiger partial charge in [0.25, 0.3) is 5.91 Å². The van der Waals surface area contributed by atoms with Crippen LogP contribution in [0.15, 0.2) is 48.5 Å². The Labute approximate surface area is 172 Å². The van der Waals surface area contributed by atoms with E-state index in [4.69, 9.17) is 0 Å². The lowest BCUT2D eigenvalue weighted by Gasteiger charge is -2.16. The van der Waals surface area contributed by atoms with Gasteiger partial charge >= 0.3 is 6.03 Å². The summed E-state index contributed by atoms with van der Waals surface area (Å²) in [5.74, 6) is 0.0341. The summed E-state index contributed by atoms with van der Waals surface area (Å²) in [5, 5.41) is 5.70. The molecule has 1 heterocycles. The smallest absolute Gasteiger partial charge is 0.319 e. The molecule has 0 bridgehead atoms. The van der Waals surface area contributed by atoms with Crippen molar-refractivity contribution in [2.75, 3.05) is 43.9 Å². The second kappa shape index (κ2) is 9.96. The zero-order valence-electron chi connectivity index (χ0n) is 17.3. The molecule has 2 aromatic carbocycles. The highest BCUT2D eigenvalue weighted by molar-refractivity contribution is 5.97. The van der Waals surface area contributed by atoms with E-state index in [0.29, 0.717) is 17.8 Å². The summed E-state index contributed by atoms with van der Waals surface area (Å²) < 4.78 is 0. The normalized spacial score (nSPS) is 13.2. The van der Waals surface area contributed by atoms with Crippen LogP contribution in [0.4, 0.5) is 16.2 Å². The van der Waals surface area contributed by atoms with Gasteiger partial charge < -0.3 is 20.4 Å². The first kappa shape index (κ1) is 20.7. The molecular weight excluding hydrogens is 364 g/mol. The largest absolute Gasteiger partial charge is 0.378 e. The minimum absolute atomic E-state index is 0.0341. The van der Waals surface area contributed by atoms with Gasteiger partial charge in [0, 0.05) is 50.7 Å². The number of rotatable bonds is 7. The molecule has 0 spiro atoms. The number of nitrogens with one attached hydrogen (secondary N) is 2. The Morgan fingerprint density at radius 2 is 1.76 bits per heavy atom. The number of hydrogen-bond donors (Lipinski definition) is 2. The van der Waals surface area contributed by atoms with Gasteiger partial charge in [0.1, 0.15) is 0 Å².